The van der Waals surface area contributed by atoms with Gasteiger partial charge in [-0.15, -0.1) is 0 Å². The second-order valence-corrected chi connectivity index (χ2v) is 9.42. The molecule has 5 atom stereocenters. The third-order valence-corrected chi connectivity index (χ3v) is 6.71. The minimum atomic E-state index is 0.128. The topological polar surface area (TPSA) is 32.3 Å². The number of amides is 1. The van der Waals surface area contributed by atoms with Crippen molar-refractivity contribution >= 4 is 5.91 Å². The summed E-state index contributed by atoms with van der Waals surface area (Å²) in [6, 6.07) is 0.622. The van der Waals surface area contributed by atoms with Gasteiger partial charge in [0.25, 0.3) is 0 Å². The molecule has 0 aromatic carbocycles. The summed E-state index contributed by atoms with van der Waals surface area (Å²) in [4.78, 5) is 15.4. The van der Waals surface area contributed by atoms with Crippen LogP contribution in [0.5, 0.6) is 0 Å². The highest BCUT2D eigenvalue weighted by Gasteiger charge is 2.53. The Kier molecular flexibility index (Phi) is 2.99. The number of fused-ring (bicyclic) bond motifs is 3. The molecular weight excluding hydrogens is 260 g/mol. The molecule has 1 amide bonds. The lowest BCUT2D eigenvalue weighted by molar-refractivity contribution is -0.135. The van der Waals surface area contributed by atoms with Crippen molar-refractivity contribution in [2.75, 3.05) is 13.1 Å². The van der Waals surface area contributed by atoms with E-state index in [1.807, 2.05) is 0 Å². The second-order valence-electron chi connectivity index (χ2n) is 9.42. The molecule has 2 saturated carbocycles. The van der Waals surface area contributed by atoms with Crippen LogP contribution in [0, 0.1) is 22.7 Å². The van der Waals surface area contributed by atoms with Crippen molar-refractivity contribution in [1.29, 1.82) is 0 Å². The maximum atomic E-state index is 13.1. The maximum absolute atomic E-state index is 13.1. The normalized spacial score (nSPS) is 47.7. The first-order valence-corrected chi connectivity index (χ1v) is 8.91. The second kappa shape index (κ2) is 4.47. The molecule has 2 heterocycles. The van der Waals surface area contributed by atoms with Gasteiger partial charge in [-0.1, -0.05) is 27.2 Å². The summed E-state index contributed by atoms with van der Waals surface area (Å²) in [6.45, 7) is 9.23. The fourth-order valence-electron chi connectivity index (χ4n) is 6.35. The Bertz CT molecular complexity index is 460. The van der Waals surface area contributed by atoms with Gasteiger partial charge in [-0.3, -0.25) is 4.79 Å². The Morgan fingerprint density at radius 1 is 1.19 bits per heavy atom. The number of hydrogen-bond acceptors (Lipinski definition) is 2. The largest absolute Gasteiger partial charge is 0.338 e. The Hall–Kier alpha value is -0.570. The smallest absolute Gasteiger partial charge is 0.240 e. The first kappa shape index (κ1) is 14.0. The lowest BCUT2D eigenvalue weighted by Crippen LogP contribution is -2.48. The van der Waals surface area contributed by atoms with E-state index >= 15 is 0 Å². The number of rotatable bonds is 1. The zero-order valence-corrected chi connectivity index (χ0v) is 13.8. The van der Waals surface area contributed by atoms with Crippen LogP contribution in [0.1, 0.15) is 59.3 Å². The maximum Gasteiger partial charge on any atom is 0.240 e. The van der Waals surface area contributed by atoms with Crippen molar-refractivity contribution in [2.24, 2.45) is 22.7 Å². The third-order valence-electron chi connectivity index (χ3n) is 6.71. The van der Waals surface area contributed by atoms with Crippen molar-refractivity contribution in [2.45, 2.75) is 71.4 Å². The van der Waals surface area contributed by atoms with Gasteiger partial charge in [0.1, 0.15) is 0 Å². The quantitative estimate of drug-likeness (QED) is 0.805. The molecule has 4 fully saturated rings. The van der Waals surface area contributed by atoms with E-state index in [0.717, 1.165) is 19.0 Å². The van der Waals surface area contributed by atoms with Crippen LogP contribution < -0.4 is 5.32 Å². The highest BCUT2D eigenvalue weighted by Crippen LogP contribution is 2.53. The molecule has 0 aromatic rings. The number of carbonyl (C=O) groups is 1. The molecule has 2 aliphatic carbocycles. The van der Waals surface area contributed by atoms with E-state index in [2.05, 4.69) is 31.0 Å². The molecule has 118 valence electrons. The van der Waals surface area contributed by atoms with Crippen LogP contribution in [0.2, 0.25) is 0 Å². The SMILES string of the molecule is CC1(C)CC2CC(C)(CN2C(=O)C2NCC3CCCC32)C1. The van der Waals surface area contributed by atoms with Crippen LogP contribution in [-0.4, -0.2) is 36.0 Å². The molecule has 5 unspecified atom stereocenters. The van der Waals surface area contributed by atoms with Gasteiger partial charge in [0, 0.05) is 12.6 Å². The highest BCUT2D eigenvalue weighted by atomic mass is 16.2. The number of likely N-dealkylation sites (tertiary alicyclic amines) is 1. The molecule has 4 rings (SSSR count). The van der Waals surface area contributed by atoms with Gasteiger partial charge in [0.15, 0.2) is 0 Å². The van der Waals surface area contributed by atoms with E-state index in [1.54, 1.807) is 0 Å². The number of nitrogens with one attached hydrogen (secondary N) is 1. The predicted molar refractivity (Wildman–Crippen MR) is 83.9 cm³/mol. The van der Waals surface area contributed by atoms with Crippen LogP contribution in [0.3, 0.4) is 0 Å². The highest BCUT2D eigenvalue weighted by molar-refractivity contribution is 5.83. The fourth-order valence-corrected chi connectivity index (χ4v) is 6.35. The average Bonchev–Trinajstić information content (AvgIpc) is 2.99. The van der Waals surface area contributed by atoms with Gasteiger partial charge in [-0.05, 0) is 61.3 Å². The molecular formula is C18H30N2O. The van der Waals surface area contributed by atoms with Crippen molar-refractivity contribution in [3.8, 4) is 0 Å². The van der Waals surface area contributed by atoms with Crippen molar-refractivity contribution in [3.05, 3.63) is 0 Å². The molecule has 4 aliphatic rings. The average molecular weight is 290 g/mol. The lowest BCUT2D eigenvalue weighted by Gasteiger charge is -2.39. The van der Waals surface area contributed by atoms with Crippen molar-refractivity contribution in [1.82, 2.24) is 10.2 Å². The molecule has 1 N–H and O–H groups in total. The zero-order valence-electron chi connectivity index (χ0n) is 13.8. The zero-order chi connectivity index (χ0) is 14.8. The Morgan fingerprint density at radius 3 is 2.81 bits per heavy atom. The van der Waals surface area contributed by atoms with Crippen LogP contribution in [-0.2, 0) is 4.79 Å². The van der Waals surface area contributed by atoms with Gasteiger partial charge in [-0.2, -0.15) is 0 Å². The monoisotopic (exact) mass is 290 g/mol. The fraction of sp³-hybridized carbons (Fsp3) is 0.944. The summed E-state index contributed by atoms with van der Waals surface area (Å²) in [5, 5.41) is 3.56. The van der Waals surface area contributed by atoms with Gasteiger partial charge in [0.2, 0.25) is 5.91 Å². The summed E-state index contributed by atoms with van der Waals surface area (Å²) in [5.41, 5.74) is 0.751. The number of nitrogens with zero attached hydrogens (tertiary/aromatic N) is 1. The molecule has 0 aromatic heterocycles. The summed E-state index contributed by atoms with van der Waals surface area (Å²) in [6.07, 6.45) is 7.60. The van der Waals surface area contributed by atoms with Crippen LogP contribution in [0.25, 0.3) is 0 Å². The van der Waals surface area contributed by atoms with E-state index in [-0.39, 0.29) is 6.04 Å². The Labute approximate surface area is 128 Å². The molecule has 0 spiro atoms. The molecule has 21 heavy (non-hydrogen) atoms. The molecule has 3 nitrogen and oxygen atoms in total. The van der Waals surface area contributed by atoms with Crippen LogP contribution in [0.15, 0.2) is 0 Å². The Morgan fingerprint density at radius 2 is 2.00 bits per heavy atom. The minimum absolute atomic E-state index is 0.128. The van der Waals surface area contributed by atoms with Crippen molar-refractivity contribution < 1.29 is 4.79 Å². The Balaban J connectivity index is 1.53. The first-order valence-electron chi connectivity index (χ1n) is 8.91. The van der Waals surface area contributed by atoms with Crippen LogP contribution >= 0.6 is 0 Å². The van der Waals surface area contributed by atoms with Crippen molar-refractivity contribution in [3.63, 3.8) is 0 Å². The van der Waals surface area contributed by atoms with E-state index in [9.17, 15) is 4.79 Å². The molecule has 2 bridgehead atoms. The minimum Gasteiger partial charge on any atom is -0.338 e. The van der Waals surface area contributed by atoms with E-state index in [0.29, 0.717) is 28.7 Å². The standard InChI is InChI=1S/C18H30N2O/c1-17(2)7-13-8-18(3,10-17)11-20(13)16(21)15-14-6-4-5-12(14)9-19-15/h12-15,19H,4-11H2,1-3H3. The van der Waals surface area contributed by atoms with Gasteiger partial charge < -0.3 is 10.2 Å². The molecule has 3 heteroatoms. The van der Waals surface area contributed by atoms with E-state index in [1.165, 1.54) is 38.5 Å². The number of hydrogen-bond donors (Lipinski definition) is 1. The first-order chi connectivity index (χ1) is 9.87. The lowest BCUT2D eigenvalue weighted by atomic mass is 9.65. The van der Waals surface area contributed by atoms with E-state index < -0.39 is 0 Å². The molecule has 2 aliphatic heterocycles. The van der Waals surface area contributed by atoms with Gasteiger partial charge in [-0.25, -0.2) is 0 Å². The molecule has 2 saturated heterocycles. The summed E-state index contributed by atoms with van der Waals surface area (Å²) in [7, 11) is 0. The summed E-state index contributed by atoms with van der Waals surface area (Å²) >= 11 is 0. The molecule has 0 radical (unpaired) electrons. The summed E-state index contributed by atoms with van der Waals surface area (Å²) < 4.78 is 0. The van der Waals surface area contributed by atoms with Gasteiger partial charge in [0.05, 0.1) is 6.04 Å². The number of carbonyl (C=O) groups excluding carboxylic acids is 1. The summed E-state index contributed by atoms with van der Waals surface area (Å²) in [5.74, 6) is 1.82. The van der Waals surface area contributed by atoms with Crippen LogP contribution in [0.4, 0.5) is 0 Å². The third kappa shape index (κ3) is 2.23. The van der Waals surface area contributed by atoms with Gasteiger partial charge >= 0.3 is 0 Å². The van der Waals surface area contributed by atoms with E-state index in [4.69, 9.17) is 0 Å². The predicted octanol–water partition coefficient (Wildman–Crippen LogP) is 2.80.